The van der Waals surface area contributed by atoms with Gasteiger partial charge < -0.3 is 14.8 Å². The third-order valence-corrected chi connectivity index (χ3v) is 2.90. The number of methoxy groups -OCH3 is 1. The van der Waals surface area contributed by atoms with Crippen LogP contribution in [0.2, 0.25) is 0 Å². The zero-order valence-corrected chi connectivity index (χ0v) is 10.8. The fourth-order valence-corrected chi connectivity index (χ4v) is 1.72. The van der Waals surface area contributed by atoms with Crippen molar-refractivity contribution in [3.8, 4) is 12.3 Å². The van der Waals surface area contributed by atoms with Gasteiger partial charge in [0.25, 0.3) is 0 Å². The molecule has 1 aliphatic rings. The molecular weight excluding hydrogens is 234 g/mol. The number of ether oxygens (including phenoxy) is 2. The molecule has 1 amide bonds. The summed E-state index contributed by atoms with van der Waals surface area (Å²) >= 11 is 0. The summed E-state index contributed by atoms with van der Waals surface area (Å²) < 4.78 is 9.65. The molecule has 18 heavy (non-hydrogen) atoms. The molecule has 0 bridgehead atoms. The van der Waals surface area contributed by atoms with Gasteiger partial charge in [0.05, 0.1) is 7.11 Å². The third kappa shape index (κ3) is 4.66. The zero-order chi connectivity index (χ0) is 13.5. The van der Waals surface area contributed by atoms with Gasteiger partial charge in [-0.2, -0.15) is 0 Å². The molecule has 1 N–H and O–H groups in total. The summed E-state index contributed by atoms with van der Waals surface area (Å²) in [5, 5.41) is 2.42. The standard InChI is InChI=1S/C13H19NO4/c1-4-5-6-7-10-8-11(10)18-13(16)14-9(2)12(15)17-3/h1,9-11H,5-8H2,2-3H3,(H,14,16)/t9-,10+,11+/m0/s1. The number of unbranched alkanes of at least 4 members (excludes halogenated alkanes) is 1. The number of esters is 1. The van der Waals surface area contributed by atoms with E-state index in [-0.39, 0.29) is 6.10 Å². The van der Waals surface area contributed by atoms with Gasteiger partial charge in [0.1, 0.15) is 12.1 Å². The highest BCUT2D eigenvalue weighted by atomic mass is 16.6. The van der Waals surface area contributed by atoms with Gasteiger partial charge in [0.2, 0.25) is 0 Å². The Balaban J connectivity index is 2.15. The first-order chi connectivity index (χ1) is 8.58. The van der Waals surface area contributed by atoms with Crippen LogP contribution in [0.1, 0.15) is 32.6 Å². The van der Waals surface area contributed by atoms with E-state index < -0.39 is 18.1 Å². The fourth-order valence-electron chi connectivity index (χ4n) is 1.72. The monoisotopic (exact) mass is 253 g/mol. The van der Waals surface area contributed by atoms with E-state index in [1.165, 1.54) is 7.11 Å². The SMILES string of the molecule is C#CCCC[C@@H]1C[C@H]1OC(=O)N[C@@H](C)C(=O)OC. The molecule has 0 aliphatic heterocycles. The number of hydrogen-bond acceptors (Lipinski definition) is 4. The molecule has 0 aromatic heterocycles. The minimum absolute atomic E-state index is 0.0346. The molecule has 0 spiro atoms. The number of amides is 1. The second-order valence-corrected chi connectivity index (χ2v) is 4.43. The Morgan fingerprint density at radius 3 is 2.89 bits per heavy atom. The highest BCUT2D eigenvalue weighted by Gasteiger charge is 2.40. The van der Waals surface area contributed by atoms with Crippen LogP contribution in [-0.2, 0) is 14.3 Å². The van der Waals surface area contributed by atoms with Gasteiger partial charge in [0.15, 0.2) is 0 Å². The molecule has 0 radical (unpaired) electrons. The molecular formula is C13H19NO4. The van der Waals surface area contributed by atoms with Crippen LogP contribution in [0.25, 0.3) is 0 Å². The van der Waals surface area contributed by atoms with Crippen molar-refractivity contribution in [2.75, 3.05) is 7.11 Å². The molecule has 0 unspecified atom stereocenters. The lowest BCUT2D eigenvalue weighted by Gasteiger charge is -2.11. The largest absolute Gasteiger partial charge is 0.467 e. The Labute approximate surface area is 107 Å². The summed E-state index contributed by atoms with van der Waals surface area (Å²) in [5.74, 6) is 2.50. The minimum Gasteiger partial charge on any atom is -0.467 e. The number of rotatable bonds is 6. The van der Waals surface area contributed by atoms with Crippen LogP contribution in [0, 0.1) is 18.3 Å². The van der Waals surface area contributed by atoms with E-state index in [4.69, 9.17) is 11.2 Å². The fraction of sp³-hybridized carbons (Fsp3) is 0.692. The first kappa shape index (κ1) is 14.4. The number of hydrogen-bond donors (Lipinski definition) is 1. The number of terminal acetylenes is 1. The molecule has 1 rings (SSSR count). The smallest absolute Gasteiger partial charge is 0.408 e. The van der Waals surface area contributed by atoms with E-state index in [9.17, 15) is 9.59 Å². The average molecular weight is 253 g/mol. The summed E-state index contributed by atoms with van der Waals surface area (Å²) in [5.41, 5.74) is 0. The van der Waals surface area contributed by atoms with Crippen molar-refractivity contribution < 1.29 is 19.1 Å². The summed E-state index contributed by atoms with van der Waals surface area (Å²) in [6, 6.07) is -0.693. The normalized spacial score (nSPS) is 22.5. The van der Waals surface area contributed by atoms with E-state index >= 15 is 0 Å². The Kier molecular flexibility index (Phi) is 5.50. The Morgan fingerprint density at radius 1 is 1.56 bits per heavy atom. The Hall–Kier alpha value is -1.70. The molecule has 100 valence electrons. The number of nitrogens with one attached hydrogen (secondary N) is 1. The minimum atomic E-state index is -0.693. The van der Waals surface area contributed by atoms with E-state index in [1.807, 2.05) is 0 Å². The molecule has 0 aromatic carbocycles. The van der Waals surface area contributed by atoms with Gasteiger partial charge in [-0.3, -0.25) is 0 Å². The van der Waals surface area contributed by atoms with E-state index in [2.05, 4.69) is 16.0 Å². The van der Waals surface area contributed by atoms with Gasteiger partial charge in [-0.25, -0.2) is 9.59 Å². The topological polar surface area (TPSA) is 64.6 Å². The van der Waals surface area contributed by atoms with Crippen molar-refractivity contribution in [2.24, 2.45) is 5.92 Å². The maximum absolute atomic E-state index is 11.4. The van der Waals surface area contributed by atoms with Crippen LogP contribution in [0.3, 0.4) is 0 Å². The first-order valence-electron chi connectivity index (χ1n) is 6.07. The van der Waals surface area contributed by atoms with E-state index in [1.54, 1.807) is 6.92 Å². The van der Waals surface area contributed by atoms with Crippen LogP contribution in [0.4, 0.5) is 4.79 Å². The van der Waals surface area contributed by atoms with Crippen LogP contribution in [0.5, 0.6) is 0 Å². The van der Waals surface area contributed by atoms with Gasteiger partial charge in [-0.1, -0.05) is 0 Å². The maximum atomic E-state index is 11.4. The molecule has 1 aliphatic carbocycles. The lowest BCUT2D eigenvalue weighted by Crippen LogP contribution is -2.39. The van der Waals surface area contributed by atoms with Crippen LogP contribution in [-0.4, -0.2) is 31.3 Å². The van der Waals surface area contributed by atoms with Crippen molar-refractivity contribution in [2.45, 2.75) is 44.8 Å². The molecule has 5 heteroatoms. The number of carbonyl (C=O) groups is 2. The highest BCUT2D eigenvalue weighted by molar-refractivity contribution is 5.80. The van der Waals surface area contributed by atoms with Crippen molar-refractivity contribution in [1.29, 1.82) is 0 Å². The van der Waals surface area contributed by atoms with Crippen molar-refractivity contribution in [1.82, 2.24) is 5.32 Å². The van der Waals surface area contributed by atoms with Gasteiger partial charge in [0, 0.05) is 6.42 Å². The number of carbonyl (C=O) groups excluding carboxylic acids is 2. The predicted molar refractivity (Wildman–Crippen MR) is 65.7 cm³/mol. The first-order valence-corrected chi connectivity index (χ1v) is 6.07. The summed E-state index contributed by atoms with van der Waals surface area (Å²) in [7, 11) is 1.27. The summed E-state index contributed by atoms with van der Waals surface area (Å²) in [4.78, 5) is 22.5. The van der Waals surface area contributed by atoms with Crippen molar-refractivity contribution >= 4 is 12.1 Å². The lowest BCUT2D eigenvalue weighted by atomic mass is 10.2. The summed E-state index contributed by atoms with van der Waals surface area (Å²) in [6.45, 7) is 1.55. The molecule has 1 fully saturated rings. The van der Waals surface area contributed by atoms with Gasteiger partial charge >= 0.3 is 12.1 Å². The van der Waals surface area contributed by atoms with Crippen LogP contribution < -0.4 is 5.32 Å². The molecule has 3 atom stereocenters. The quantitative estimate of drug-likeness (QED) is 0.442. The lowest BCUT2D eigenvalue weighted by molar-refractivity contribution is -0.142. The second-order valence-electron chi connectivity index (χ2n) is 4.43. The molecule has 0 saturated heterocycles. The van der Waals surface area contributed by atoms with Crippen molar-refractivity contribution in [3.63, 3.8) is 0 Å². The van der Waals surface area contributed by atoms with E-state index in [0.717, 1.165) is 25.7 Å². The van der Waals surface area contributed by atoms with Crippen LogP contribution in [0.15, 0.2) is 0 Å². The number of alkyl carbamates (subject to hydrolysis) is 1. The van der Waals surface area contributed by atoms with E-state index in [0.29, 0.717) is 5.92 Å². The molecule has 0 heterocycles. The Morgan fingerprint density at radius 2 is 2.28 bits per heavy atom. The molecule has 1 saturated carbocycles. The second kappa shape index (κ2) is 6.90. The third-order valence-electron chi connectivity index (χ3n) is 2.90. The highest BCUT2D eigenvalue weighted by Crippen LogP contribution is 2.37. The van der Waals surface area contributed by atoms with Gasteiger partial charge in [-0.15, -0.1) is 12.3 Å². The van der Waals surface area contributed by atoms with Crippen LogP contribution >= 0.6 is 0 Å². The maximum Gasteiger partial charge on any atom is 0.408 e. The zero-order valence-electron chi connectivity index (χ0n) is 10.8. The molecule has 0 aromatic rings. The summed E-state index contributed by atoms with van der Waals surface area (Å²) in [6.07, 6.45) is 8.13. The Bertz CT molecular complexity index is 347. The average Bonchev–Trinajstić information content (AvgIpc) is 3.06. The molecule has 5 nitrogen and oxygen atoms in total. The van der Waals surface area contributed by atoms with Crippen molar-refractivity contribution in [3.05, 3.63) is 0 Å². The van der Waals surface area contributed by atoms with Gasteiger partial charge in [-0.05, 0) is 32.1 Å². The predicted octanol–water partition coefficient (Wildman–Crippen LogP) is 1.47.